The van der Waals surface area contributed by atoms with E-state index in [2.05, 4.69) is 32.0 Å². The van der Waals surface area contributed by atoms with E-state index in [9.17, 15) is 10.1 Å². The molecule has 0 amide bonds. The molecule has 0 aromatic carbocycles. The summed E-state index contributed by atoms with van der Waals surface area (Å²) < 4.78 is 12.5. The van der Waals surface area contributed by atoms with E-state index in [-0.39, 0.29) is 12.4 Å². The summed E-state index contributed by atoms with van der Waals surface area (Å²) in [5, 5.41) is 14.0. The Morgan fingerprint density at radius 2 is 1.97 bits per heavy atom. The fourth-order valence-electron chi connectivity index (χ4n) is 5.44. The molecule has 7 heterocycles. The number of carbonyl (C=O) groups is 1. The van der Waals surface area contributed by atoms with E-state index in [1.54, 1.807) is 17.8 Å². The van der Waals surface area contributed by atoms with Gasteiger partial charge in [-0.2, -0.15) is 10.4 Å². The van der Waals surface area contributed by atoms with Crippen molar-refractivity contribution in [2.24, 2.45) is 0 Å². The highest BCUT2D eigenvalue weighted by Gasteiger charge is 2.44. The molecular weight excluding hydrogens is 494 g/mol. The van der Waals surface area contributed by atoms with Crippen LogP contribution < -0.4 is 14.4 Å². The Bertz CT molecular complexity index is 1530. The number of piperazine rings is 1. The maximum Gasteiger partial charge on any atom is 0.212 e. The summed E-state index contributed by atoms with van der Waals surface area (Å²) in [6, 6.07) is 13.1. The molecule has 2 atom stereocenters. The number of rotatable bonds is 9. The van der Waals surface area contributed by atoms with Crippen LogP contribution in [0.15, 0.2) is 55.1 Å². The molecule has 198 valence electrons. The quantitative estimate of drug-likeness (QED) is 0.326. The van der Waals surface area contributed by atoms with Crippen molar-refractivity contribution >= 4 is 17.1 Å². The number of ketones is 1. The average Bonchev–Trinajstić information content (AvgIpc) is 3.41. The second-order valence-electron chi connectivity index (χ2n) is 9.97. The molecule has 3 saturated heterocycles. The monoisotopic (exact) mass is 523 g/mol. The minimum atomic E-state index is -0.00566. The van der Waals surface area contributed by atoms with Gasteiger partial charge in [-0.3, -0.25) is 9.69 Å². The van der Waals surface area contributed by atoms with Crippen LogP contribution in [0.5, 0.6) is 11.6 Å². The van der Waals surface area contributed by atoms with Crippen molar-refractivity contribution in [1.82, 2.24) is 24.5 Å². The number of pyridine rings is 3. The summed E-state index contributed by atoms with van der Waals surface area (Å²) in [7, 11) is 1.63. The number of piperidine rings is 1. The summed E-state index contributed by atoms with van der Waals surface area (Å²) in [6.45, 7) is 4.53. The van der Waals surface area contributed by atoms with E-state index in [1.807, 2.05) is 43.6 Å². The first-order valence-electron chi connectivity index (χ1n) is 13.1. The van der Waals surface area contributed by atoms with Gasteiger partial charge in [0.15, 0.2) is 5.78 Å². The van der Waals surface area contributed by atoms with E-state index in [0.717, 1.165) is 36.6 Å². The number of methoxy groups -OCH3 is 1. The molecule has 0 spiro atoms. The Kier molecular flexibility index (Phi) is 6.59. The van der Waals surface area contributed by atoms with E-state index < -0.39 is 0 Å². The van der Waals surface area contributed by atoms with Crippen molar-refractivity contribution in [2.75, 3.05) is 31.7 Å². The lowest BCUT2D eigenvalue weighted by atomic mass is 9.87. The highest BCUT2D eigenvalue weighted by molar-refractivity contribution is 5.85. The molecule has 10 nitrogen and oxygen atoms in total. The van der Waals surface area contributed by atoms with Crippen LogP contribution in [0.3, 0.4) is 0 Å². The smallest absolute Gasteiger partial charge is 0.212 e. The SMILES string of the molecule is CCC(=O)COc1cc(-c2ccc(N3CC4CC(C3)N4Cc3ccc(OC)nc3)nc2)c2c(C#N)cnn2c1. The molecule has 2 unspecified atom stereocenters. The fourth-order valence-corrected chi connectivity index (χ4v) is 5.44. The number of hydrogen-bond donors (Lipinski definition) is 0. The lowest BCUT2D eigenvalue weighted by Gasteiger charge is -2.56. The van der Waals surface area contributed by atoms with Gasteiger partial charge in [0.1, 0.15) is 24.2 Å². The highest BCUT2D eigenvalue weighted by atomic mass is 16.5. The van der Waals surface area contributed by atoms with Gasteiger partial charge in [0.2, 0.25) is 5.88 Å². The minimum Gasteiger partial charge on any atom is -0.484 e. The second kappa shape index (κ2) is 10.3. The normalized spacial score (nSPS) is 18.4. The number of ether oxygens (including phenoxy) is 2. The molecule has 4 aromatic rings. The van der Waals surface area contributed by atoms with Crippen molar-refractivity contribution in [3.8, 4) is 28.8 Å². The van der Waals surface area contributed by atoms with Gasteiger partial charge in [-0.1, -0.05) is 13.0 Å². The van der Waals surface area contributed by atoms with Gasteiger partial charge in [0.25, 0.3) is 0 Å². The number of carbonyl (C=O) groups excluding carboxylic acids is 1. The van der Waals surface area contributed by atoms with Gasteiger partial charge in [-0.25, -0.2) is 14.5 Å². The average molecular weight is 524 g/mol. The summed E-state index contributed by atoms with van der Waals surface area (Å²) >= 11 is 0. The first kappa shape index (κ1) is 24.8. The summed E-state index contributed by atoms with van der Waals surface area (Å²) in [4.78, 5) is 25.8. The van der Waals surface area contributed by atoms with Crippen molar-refractivity contribution in [1.29, 1.82) is 5.26 Å². The number of anilines is 1. The molecule has 0 saturated carbocycles. The molecular formula is C29H29N7O3. The van der Waals surface area contributed by atoms with Crippen LogP contribution in [0.25, 0.3) is 16.6 Å². The van der Waals surface area contributed by atoms with Gasteiger partial charge in [0, 0.05) is 67.7 Å². The van der Waals surface area contributed by atoms with Crippen molar-refractivity contribution in [3.05, 3.63) is 66.2 Å². The third-order valence-corrected chi connectivity index (χ3v) is 7.60. The zero-order valence-corrected chi connectivity index (χ0v) is 21.9. The molecule has 0 aliphatic carbocycles. The van der Waals surface area contributed by atoms with Crippen LogP contribution in [-0.4, -0.2) is 69.2 Å². The summed E-state index contributed by atoms with van der Waals surface area (Å²) in [5.41, 5.74) is 3.97. The van der Waals surface area contributed by atoms with Crippen LogP contribution in [0, 0.1) is 11.3 Å². The topological polar surface area (TPSA) is 109 Å². The molecule has 4 aromatic heterocycles. The Balaban J connectivity index is 1.19. The number of nitrogens with zero attached hydrogens (tertiary/aromatic N) is 7. The van der Waals surface area contributed by atoms with E-state index in [1.165, 1.54) is 18.2 Å². The maximum absolute atomic E-state index is 11.8. The first-order chi connectivity index (χ1) is 19.1. The molecule has 39 heavy (non-hydrogen) atoms. The molecule has 3 aliphatic heterocycles. The Morgan fingerprint density at radius 3 is 2.64 bits per heavy atom. The number of nitriles is 1. The molecule has 0 N–H and O–H groups in total. The fraction of sp³-hybridized carbons (Fsp3) is 0.345. The zero-order valence-electron chi connectivity index (χ0n) is 21.9. The highest BCUT2D eigenvalue weighted by Crippen LogP contribution is 2.36. The number of hydrogen-bond acceptors (Lipinski definition) is 9. The minimum absolute atomic E-state index is 0.00566. The molecule has 3 aliphatic rings. The molecule has 3 fully saturated rings. The number of aromatic nitrogens is 4. The van der Waals surface area contributed by atoms with Gasteiger partial charge in [-0.15, -0.1) is 0 Å². The Morgan fingerprint density at radius 1 is 1.13 bits per heavy atom. The Labute approximate surface area is 226 Å². The standard InChI is InChI=1S/C29H29N7O3/c1-3-24(37)18-39-25-9-26(29-21(10-30)13-33-36(29)17-25)20-5-6-27(31-12-20)34-15-22-8-23(16-34)35(22)14-19-4-7-28(38-2)32-11-19/h4-7,9,11-13,17,22-23H,3,8,14-16,18H2,1-2H3. The van der Waals surface area contributed by atoms with Crippen LogP contribution in [-0.2, 0) is 11.3 Å². The van der Waals surface area contributed by atoms with E-state index in [4.69, 9.17) is 14.5 Å². The van der Waals surface area contributed by atoms with Gasteiger partial charge >= 0.3 is 0 Å². The van der Waals surface area contributed by atoms with Crippen LogP contribution in [0.1, 0.15) is 30.9 Å². The van der Waals surface area contributed by atoms with Crippen LogP contribution in [0.4, 0.5) is 5.82 Å². The number of Topliss-reactive ketones (excluding diaryl/α,β-unsaturated/α-hetero) is 1. The predicted octanol–water partition coefficient (Wildman–Crippen LogP) is 3.49. The van der Waals surface area contributed by atoms with Crippen LogP contribution >= 0.6 is 0 Å². The maximum atomic E-state index is 11.8. The molecule has 0 radical (unpaired) electrons. The summed E-state index contributed by atoms with van der Waals surface area (Å²) in [6.07, 6.45) is 8.56. The molecule has 7 rings (SSSR count). The van der Waals surface area contributed by atoms with E-state index in [0.29, 0.717) is 41.2 Å². The first-order valence-corrected chi connectivity index (χ1v) is 13.1. The third-order valence-electron chi connectivity index (χ3n) is 7.60. The lowest BCUT2D eigenvalue weighted by Crippen LogP contribution is -2.68. The van der Waals surface area contributed by atoms with Crippen LogP contribution in [0.2, 0.25) is 0 Å². The Hall–Kier alpha value is -4.49. The zero-order chi connectivity index (χ0) is 26.9. The molecule has 2 bridgehead atoms. The lowest BCUT2D eigenvalue weighted by molar-refractivity contribution is -0.120. The van der Waals surface area contributed by atoms with Gasteiger partial charge < -0.3 is 14.4 Å². The predicted molar refractivity (Wildman–Crippen MR) is 145 cm³/mol. The van der Waals surface area contributed by atoms with Crippen molar-refractivity contribution in [2.45, 2.75) is 38.4 Å². The van der Waals surface area contributed by atoms with Crippen molar-refractivity contribution < 1.29 is 14.3 Å². The third kappa shape index (κ3) is 4.77. The number of fused-ring (bicyclic) bond motifs is 3. The summed E-state index contributed by atoms with van der Waals surface area (Å²) in [5.74, 6) is 2.09. The second-order valence-corrected chi connectivity index (χ2v) is 9.97. The van der Waals surface area contributed by atoms with Gasteiger partial charge in [-0.05, 0) is 30.2 Å². The van der Waals surface area contributed by atoms with Gasteiger partial charge in [0.05, 0.1) is 30.6 Å². The van der Waals surface area contributed by atoms with Crippen molar-refractivity contribution in [3.63, 3.8) is 0 Å². The van der Waals surface area contributed by atoms with E-state index >= 15 is 0 Å². The largest absolute Gasteiger partial charge is 0.484 e. The molecule has 10 heteroatoms.